The minimum Gasteiger partial charge on any atom is -0.506 e. The molecule has 6 N–H and O–H groups in total. The van der Waals surface area contributed by atoms with Crippen LogP contribution in [0, 0.1) is 0 Å². The van der Waals surface area contributed by atoms with Crippen LogP contribution in [0.1, 0.15) is 46.2 Å². The molecule has 5 heterocycles. The van der Waals surface area contributed by atoms with Crippen LogP contribution in [0.2, 0.25) is 0 Å². The molecule has 4 unspecified atom stereocenters. The highest BCUT2D eigenvalue weighted by Gasteiger charge is 2.72. The molecule has 2 aromatic carbocycles. The summed E-state index contributed by atoms with van der Waals surface area (Å²) in [5, 5.41) is 44.3. The lowest BCUT2D eigenvalue weighted by molar-refractivity contribution is -0.955. The van der Waals surface area contributed by atoms with Crippen LogP contribution in [0.4, 0.5) is 11.4 Å². The molecule has 14 heteroatoms. The van der Waals surface area contributed by atoms with E-state index in [0.717, 1.165) is 5.56 Å². The van der Waals surface area contributed by atoms with E-state index in [0.29, 0.717) is 64.3 Å². The van der Waals surface area contributed by atoms with Crippen molar-refractivity contribution in [3.8, 4) is 5.75 Å². The first-order valence-corrected chi connectivity index (χ1v) is 18.7. The monoisotopic (exact) mass is 733 g/mol. The molecule has 0 saturated carbocycles. The second kappa shape index (κ2) is 14.5. The lowest BCUT2D eigenvalue weighted by Gasteiger charge is -2.48. The number of rotatable bonds is 15. The average molecular weight is 734 g/mol. The number of carbonyl (C=O) groups is 3. The molecule has 268 valence electrons. The number of benzene rings is 2. The minimum atomic E-state index is -1.85. The van der Waals surface area contributed by atoms with E-state index in [1.54, 1.807) is 18.2 Å². The Morgan fingerprint density at radius 1 is 1.04 bits per heavy atom. The number of amides is 2. The number of morpholine rings is 1. The fourth-order valence-corrected chi connectivity index (χ4v) is 9.41. The van der Waals surface area contributed by atoms with Crippen molar-refractivity contribution in [2.45, 2.75) is 67.9 Å². The van der Waals surface area contributed by atoms with Crippen molar-refractivity contribution in [2.75, 3.05) is 30.8 Å². The number of aliphatic hydroxyl groups excluding tert-OH is 1. The van der Waals surface area contributed by atoms with Gasteiger partial charge in [-0.3, -0.25) is 9.59 Å². The number of hydrogen-bond donors (Lipinski definition) is 6. The van der Waals surface area contributed by atoms with Gasteiger partial charge in [-0.2, -0.15) is 0 Å². The standard InChI is InChI=1S/C37H40N4O8S2/c1-41(13-12-33(45)40-24-9-6-22(7-10-24)19-38-20-30(44)23-8-11-29(43)26(16-23)39-21-42)27-17-25(18-28(41)35-34(27)49-35)48-36(46)37(47,31-4-2-14-50-31)32-5-3-15-51-32/h2-11,14-16,21,25,27-28,30,34-35,38,44,47H,12-13,17-20H2,1H3,(H2-,39,40,42,43,45)/p+1/t25?,27?,28?,30-,34?,35?,41?/m0/s1. The fraction of sp³-hybridized carbons (Fsp3) is 0.378. The van der Waals surface area contributed by atoms with Crippen molar-refractivity contribution in [1.82, 2.24) is 5.32 Å². The molecular formula is C37H41N4O8S2+. The second-order valence-corrected chi connectivity index (χ2v) is 15.5. The average Bonchev–Trinajstić information content (AvgIpc) is 3.41. The van der Waals surface area contributed by atoms with Gasteiger partial charge in [-0.25, -0.2) is 4.79 Å². The number of likely N-dealkylation sites (N-methyl/N-ethyl adjacent to an activating group) is 1. The van der Waals surface area contributed by atoms with Crippen molar-refractivity contribution in [3.63, 3.8) is 0 Å². The highest BCUT2D eigenvalue weighted by atomic mass is 32.1. The summed E-state index contributed by atoms with van der Waals surface area (Å²) < 4.78 is 12.8. The maximum Gasteiger partial charge on any atom is 0.349 e. The number of anilines is 2. The van der Waals surface area contributed by atoms with E-state index in [1.807, 2.05) is 47.2 Å². The first kappa shape index (κ1) is 35.3. The zero-order valence-corrected chi connectivity index (χ0v) is 29.6. The number of nitrogens with zero attached hydrogens (tertiary/aromatic N) is 1. The summed E-state index contributed by atoms with van der Waals surface area (Å²) in [7, 11) is 2.17. The maximum atomic E-state index is 13.6. The number of nitrogens with one attached hydrogen (secondary N) is 3. The third kappa shape index (κ3) is 7.05. The predicted octanol–water partition coefficient (Wildman–Crippen LogP) is 3.84. The Hall–Kier alpha value is -4.15. The lowest BCUT2D eigenvalue weighted by atomic mass is 9.94. The smallest absolute Gasteiger partial charge is 0.349 e. The van der Waals surface area contributed by atoms with Crippen molar-refractivity contribution < 1.29 is 43.7 Å². The number of quaternary nitrogens is 1. The third-order valence-corrected chi connectivity index (χ3v) is 12.5. The number of aromatic hydroxyl groups is 1. The Balaban J connectivity index is 0.890. The summed E-state index contributed by atoms with van der Waals surface area (Å²) in [4.78, 5) is 38.5. The van der Waals surface area contributed by atoms with Gasteiger partial charge in [0.15, 0.2) is 0 Å². The molecule has 2 aromatic heterocycles. The number of carbonyl (C=O) groups excluding carboxylic acids is 3. The van der Waals surface area contributed by atoms with E-state index >= 15 is 0 Å². The molecule has 3 aliphatic rings. The van der Waals surface area contributed by atoms with Crippen molar-refractivity contribution >= 4 is 52.3 Å². The van der Waals surface area contributed by atoms with Gasteiger partial charge in [-0.15, -0.1) is 22.7 Å². The number of fused-ring (bicyclic) bond motifs is 5. The molecule has 0 aliphatic carbocycles. The summed E-state index contributed by atoms with van der Waals surface area (Å²) in [6.45, 7) is 1.37. The second-order valence-electron chi connectivity index (χ2n) is 13.6. The van der Waals surface area contributed by atoms with Gasteiger partial charge >= 0.3 is 5.97 Å². The van der Waals surface area contributed by atoms with E-state index in [9.17, 15) is 29.7 Å². The van der Waals surface area contributed by atoms with Crippen LogP contribution in [-0.2, 0) is 36.0 Å². The molecule has 4 aromatic rings. The maximum absolute atomic E-state index is 13.6. The van der Waals surface area contributed by atoms with Gasteiger partial charge in [-0.1, -0.05) is 30.3 Å². The Bertz CT molecular complexity index is 1800. The number of thiophene rings is 2. The van der Waals surface area contributed by atoms with Crippen LogP contribution in [0.15, 0.2) is 77.5 Å². The molecule has 3 saturated heterocycles. The van der Waals surface area contributed by atoms with Crippen LogP contribution in [0.5, 0.6) is 5.75 Å². The van der Waals surface area contributed by atoms with Crippen molar-refractivity contribution in [1.29, 1.82) is 0 Å². The zero-order chi connectivity index (χ0) is 35.8. The van der Waals surface area contributed by atoms with Gasteiger partial charge in [0.1, 0.15) is 36.1 Å². The number of esters is 1. The zero-order valence-electron chi connectivity index (χ0n) is 27.9. The number of epoxide rings is 1. The Labute approximate surface area is 303 Å². The van der Waals surface area contributed by atoms with Crippen molar-refractivity contribution in [3.05, 3.63) is 98.4 Å². The SMILES string of the molecule is C[N+]1(CCC(=O)Nc2ccc(CNC[C@H](O)c3ccc(O)c(NC=O)c3)cc2)C2CC(OC(=O)C(O)(c3cccs3)c3cccs3)CC1C1OC12. The third-order valence-electron chi connectivity index (χ3n) is 10.5. The molecule has 7 rings (SSSR count). The molecule has 2 amide bonds. The first-order chi connectivity index (χ1) is 24.6. The minimum absolute atomic E-state index is 0.0810. The number of hydrogen-bond acceptors (Lipinski definition) is 11. The number of aliphatic hydroxyl groups is 2. The summed E-state index contributed by atoms with van der Waals surface area (Å²) in [6.07, 6.45) is 0.971. The van der Waals surface area contributed by atoms with E-state index in [4.69, 9.17) is 9.47 Å². The molecule has 0 radical (unpaired) electrons. The van der Waals surface area contributed by atoms with Gasteiger partial charge < -0.3 is 45.2 Å². The Kier molecular flexibility index (Phi) is 10.0. The molecule has 51 heavy (non-hydrogen) atoms. The quantitative estimate of drug-likeness (QED) is 0.0350. The summed E-state index contributed by atoms with van der Waals surface area (Å²) in [5.74, 6) is -0.818. The van der Waals surface area contributed by atoms with Gasteiger partial charge in [0, 0.05) is 31.6 Å². The summed E-state index contributed by atoms with van der Waals surface area (Å²) in [5.41, 5.74) is 0.592. The number of piperidine rings is 1. The van der Waals surface area contributed by atoms with E-state index in [1.165, 1.54) is 34.8 Å². The molecule has 2 bridgehead atoms. The topological polar surface area (TPSA) is 170 Å². The normalized spacial score (nSPS) is 25.4. The summed E-state index contributed by atoms with van der Waals surface area (Å²) in [6, 6.07) is 19.4. The van der Waals surface area contributed by atoms with Crippen LogP contribution in [-0.4, -0.2) is 88.6 Å². The first-order valence-electron chi connectivity index (χ1n) is 16.9. The van der Waals surface area contributed by atoms with Crippen LogP contribution < -0.4 is 16.0 Å². The number of ether oxygens (including phenoxy) is 2. The Morgan fingerprint density at radius 2 is 1.71 bits per heavy atom. The van der Waals surface area contributed by atoms with E-state index < -0.39 is 17.7 Å². The molecule has 3 fully saturated rings. The Morgan fingerprint density at radius 3 is 2.31 bits per heavy atom. The molecule has 0 spiro atoms. The van der Waals surface area contributed by atoms with E-state index in [2.05, 4.69) is 23.0 Å². The highest BCUT2D eigenvalue weighted by molar-refractivity contribution is 7.12. The molecule has 5 atom stereocenters. The van der Waals surface area contributed by atoms with E-state index in [-0.39, 0.29) is 54.3 Å². The predicted molar refractivity (Wildman–Crippen MR) is 192 cm³/mol. The molecule has 3 aliphatic heterocycles. The van der Waals surface area contributed by atoms with Gasteiger partial charge in [-0.05, 0) is 58.3 Å². The highest BCUT2D eigenvalue weighted by Crippen LogP contribution is 2.53. The van der Waals surface area contributed by atoms with Gasteiger partial charge in [0.25, 0.3) is 0 Å². The van der Waals surface area contributed by atoms with Crippen LogP contribution in [0.3, 0.4) is 0 Å². The van der Waals surface area contributed by atoms with Crippen molar-refractivity contribution in [2.24, 2.45) is 0 Å². The fourth-order valence-electron chi connectivity index (χ4n) is 7.70. The molecule has 12 nitrogen and oxygen atoms in total. The van der Waals surface area contributed by atoms with Gasteiger partial charge in [0.2, 0.25) is 17.9 Å². The number of phenolic OH excluding ortho intramolecular Hbond substituents is 1. The van der Waals surface area contributed by atoms with Gasteiger partial charge in [0.05, 0.1) is 41.6 Å². The largest absolute Gasteiger partial charge is 0.506 e. The summed E-state index contributed by atoms with van der Waals surface area (Å²) >= 11 is 2.65. The van der Waals surface area contributed by atoms with Crippen LogP contribution in [0.25, 0.3) is 0 Å². The lowest BCUT2D eigenvalue weighted by Crippen LogP contribution is -2.63. The van der Waals surface area contributed by atoms with Crippen LogP contribution >= 0.6 is 22.7 Å². The number of phenols is 1. The molecular weight excluding hydrogens is 693 g/mol.